The van der Waals surface area contributed by atoms with E-state index in [1.54, 1.807) is 6.07 Å². The second-order valence-electron chi connectivity index (χ2n) is 8.39. The van der Waals surface area contributed by atoms with Crippen LogP contribution < -0.4 is 0 Å². The molecule has 140 valence electrons. The van der Waals surface area contributed by atoms with Crippen LogP contribution in [0.4, 0.5) is 0 Å². The van der Waals surface area contributed by atoms with E-state index in [0.717, 1.165) is 31.2 Å². The quantitative estimate of drug-likeness (QED) is 0.641. The first kappa shape index (κ1) is 21.2. The van der Waals surface area contributed by atoms with Gasteiger partial charge in [-0.15, -0.1) is 0 Å². The Morgan fingerprint density at radius 1 is 1.08 bits per heavy atom. The highest BCUT2D eigenvalue weighted by Gasteiger charge is 2.25. The molecule has 0 saturated carbocycles. The summed E-state index contributed by atoms with van der Waals surface area (Å²) >= 11 is 0. The van der Waals surface area contributed by atoms with E-state index in [4.69, 9.17) is 0 Å². The molecule has 1 aromatic rings. The van der Waals surface area contributed by atoms with Crippen LogP contribution in [0.25, 0.3) is 0 Å². The third kappa shape index (κ3) is 5.87. The highest BCUT2D eigenvalue weighted by Crippen LogP contribution is 2.32. The lowest BCUT2D eigenvalue weighted by Crippen LogP contribution is -2.16. The summed E-state index contributed by atoms with van der Waals surface area (Å²) < 4.78 is 0. The molecule has 0 heterocycles. The number of hydrogen-bond donors (Lipinski definition) is 2. The second-order valence-corrected chi connectivity index (χ2v) is 8.39. The molecule has 0 aliphatic heterocycles. The number of aryl methyl sites for hydroxylation is 1. The molecular formula is C21H32O4. The summed E-state index contributed by atoms with van der Waals surface area (Å²) in [5.74, 6) is -1.80. The predicted octanol–water partition coefficient (Wildman–Crippen LogP) is 5.60. The molecule has 0 saturated heterocycles. The first-order valence-corrected chi connectivity index (χ1v) is 9.10. The minimum Gasteiger partial charge on any atom is -0.478 e. The Kier molecular flexibility index (Phi) is 7.21. The number of benzene rings is 1. The van der Waals surface area contributed by atoms with Crippen LogP contribution in [0, 0.1) is 11.3 Å². The highest BCUT2D eigenvalue weighted by atomic mass is 16.4. The van der Waals surface area contributed by atoms with Crippen molar-refractivity contribution >= 4 is 11.9 Å². The van der Waals surface area contributed by atoms with Gasteiger partial charge in [-0.25, -0.2) is 9.59 Å². The molecule has 0 spiro atoms. The molecule has 1 rings (SSSR count). The molecule has 0 fully saturated rings. The molecule has 25 heavy (non-hydrogen) atoms. The van der Waals surface area contributed by atoms with Crippen LogP contribution in [0.1, 0.15) is 98.6 Å². The number of carbonyl (C=O) groups is 2. The zero-order valence-electron chi connectivity index (χ0n) is 16.3. The molecule has 2 N–H and O–H groups in total. The van der Waals surface area contributed by atoms with Gasteiger partial charge in [0.1, 0.15) is 0 Å². The van der Waals surface area contributed by atoms with Gasteiger partial charge in [0.25, 0.3) is 0 Å². The molecule has 4 heteroatoms. The monoisotopic (exact) mass is 348 g/mol. The van der Waals surface area contributed by atoms with Crippen molar-refractivity contribution in [2.45, 2.75) is 73.1 Å². The van der Waals surface area contributed by atoms with Gasteiger partial charge in [-0.3, -0.25) is 0 Å². The van der Waals surface area contributed by atoms with Gasteiger partial charge >= 0.3 is 11.9 Å². The first-order valence-electron chi connectivity index (χ1n) is 9.10. The van der Waals surface area contributed by atoms with Crippen LogP contribution in [0.2, 0.25) is 0 Å². The summed E-state index contributed by atoms with van der Waals surface area (Å²) in [5, 5.41) is 19.0. The van der Waals surface area contributed by atoms with Gasteiger partial charge in [0.05, 0.1) is 11.1 Å². The maximum Gasteiger partial charge on any atom is 0.336 e. The van der Waals surface area contributed by atoms with Crippen molar-refractivity contribution in [1.29, 1.82) is 0 Å². The summed E-state index contributed by atoms with van der Waals surface area (Å²) in [6.45, 7) is 12.8. The van der Waals surface area contributed by atoms with Crippen molar-refractivity contribution in [3.8, 4) is 0 Å². The number of aromatic carboxylic acids is 2. The van der Waals surface area contributed by atoms with E-state index in [0.29, 0.717) is 11.5 Å². The van der Waals surface area contributed by atoms with Crippen molar-refractivity contribution in [2.75, 3.05) is 0 Å². The van der Waals surface area contributed by atoms with Gasteiger partial charge in [-0.05, 0) is 60.1 Å². The second kappa shape index (κ2) is 8.50. The number of carboxylic acid groups (broad SMARTS) is 2. The van der Waals surface area contributed by atoms with E-state index in [2.05, 4.69) is 27.7 Å². The van der Waals surface area contributed by atoms with Gasteiger partial charge in [0.2, 0.25) is 0 Å². The third-order valence-corrected chi connectivity index (χ3v) is 4.75. The minimum absolute atomic E-state index is 0.0123. The van der Waals surface area contributed by atoms with Crippen molar-refractivity contribution in [1.82, 2.24) is 0 Å². The van der Waals surface area contributed by atoms with Crippen LogP contribution in [0.15, 0.2) is 12.1 Å². The van der Waals surface area contributed by atoms with E-state index in [-0.39, 0.29) is 22.5 Å². The highest BCUT2D eigenvalue weighted by molar-refractivity contribution is 6.03. The van der Waals surface area contributed by atoms with E-state index in [1.165, 1.54) is 6.07 Å². The Bertz CT molecular complexity index is 626. The van der Waals surface area contributed by atoms with Crippen LogP contribution in [-0.4, -0.2) is 22.2 Å². The number of rotatable bonds is 8. The summed E-state index contributed by atoms with van der Waals surface area (Å²) in [6, 6.07) is 3.25. The van der Waals surface area contributed by atoms with Crippen molar-refractivity contribution in [2.24, 2.45) is 11.3 Å². The summed E-state index contributed by atoms with van der Waals surface area (Å²) in [7, 11) is 0. The SMILES string of the molecule is CCC(C)c1c(CCC(C)CC(C)(C)C)ccc(C(=O)O)c1C(=O)O. The molecule has 0 aliphatic carbocycles. The van der Waals surface area contributed by atoms with Gasteiger partial charge in [-0.2, -0.15) is 0 Å². The molecule has 0 amide bonds. The normalized spacial score (nSPS) is 14.2. The summed E-state index contributed by atoms with van der Waals surface area (Å²) in [5.41, 5.74) is 1.77. The Morgan fingerprint density at radius 3 is 2.12 bits per heavy atom. The third-order valence-electron chi connectivity index (χ3n) is 4.75. The maximum atomic E-state index is 11.8. The van der Waals surface area contributed by atoms with E-state index < -0.39 is 11.9 Å². The van der Waals surface area contributed by atoms with Gasteiger partial charge in [0, 0.05) is 0 Å². The van der Waals surface area contributed by atoms with Gasteiger partial charge in [-0.1, -0.05) is 47.6 Å². The fraction of sp³-hybridized carbons (Fsp3) is 0.619. The van der Waals surface area contributed by atoms with Crippen molar-refractivity contribution in [3.63, 3.8) is 0 Å². The smallest absolute Gasteiger partial charge is 0.336 e. The van der Waals surface area contributed by atoms with Gasteiger partial charge in [0.15, 0.2) is 0 Å². The Hall–Kier alpha value is -1.84. The fourth-order valence-electron chi connectivity index (χ4n) is 3.61. The Balaban J connectivity index is 3.25. The van der Waals surface area contributed by atoms with Crippen LogP contribution in [0.5, 0.6) is 0 Å². The molecule has 0 aliphatic rings. The molecule has 1 aromatic carbocycles. The lowest BCUT2D eigenvalue weighted by atomic mass is 9.81. The standard InChI is InChI=1S/C21H32O4/c1-7-14(3)17-15(9-8-13(2)12-21(4,5)6)10-11-16(19(22)23)18(17)20(24)25/h10-11,13-14H,7-9,12H2,1-6H3,(H,22,23)(H,24,25). The summed E-state index contributed by atoms with van der Waals surface area (Å²) in [4.78, 5) is 23.2. The lowest BCUT2D eigenvalue weighted by molar-refractivity contribution is 0.0650. The molecule has 2 atom stereocenters. The van der Waals surface area contributed by atoms with Crippen LogP contribution in [-0.2, 0) is 6.42 Å². The maximum absolute atomic E-state index is 11.8. The average molecular weight is 348 g/mol. The summed E-state index contributed by atoms with van der Waals surface area (Å²) in [6.07, 6.45) is 3.61. The van der Waals surface area contributed by atoms with E-state index in [1.807, 2.05) is 13.8 Å². The lowest BCUT2D eigenvalue weighted by Gasteiger charge is -2.24. The Labute approximate surface area is 151 Å². The average Bonchev–Trinajstić information content (AvgIpc) is 2.49. The molecule has 2 unspecified atom stereocenters. The van der Waals surface area contributed by atoms with E-state index in [9.17, 15) is 19.8 Å². The zero-order chi connectivity index (χ0) is 19.4. The van der Waals surface area contributed by atoms with Gasteiger partial charge < -0.3 is 10.2 Å². The minimum atomic E-state index is -1.19. The Morgan fingerprint density at radius 2 is 1.68 bits per heavy atom. The first-order chi connectivity index (χ1) is 11.5. The van der Waals surface area contributed by atoms with Crippen molar-refractivity contribution in [3.05, 3.63) is 34.4 Å². The zero-order valence-corrected chi connectivity index (χ0v) is 16.3. The van der Waals surface area contributed by atoms with E-state index >= 15 is 0 Å². The molecular weight excluding hydrogens is 316 g/mol. The molecule has 0 radical (unpaired) electrons. The fourth-order valence-corrected chi connectivity index (χ4v) is 3.61. The topological polar surface area (TPSA) is 74.6 Å². The molecule has 4 nitrogen and oxygen atoms in total. The molecule has 0 aromatic heterocycles. The van der Waals surface area contributed by atoms with Crippen molar-refractivity contribution < 1.29 is 19.8 Å². The largest absolute Gasteiger partial charge is 0.478 e. The number of hydrogen-bond acceptors (Lipinski definition) is 2. The van der Waals surface area contributed by atoms with Crippen LogP contribution >= 0.6 is 0 Å². The predicted molar refractivity (Wildman–Crippen MR) is 101 cm³/mol. The molecule has 0 bridgehead atoms. The number of carboxylic acids is 2. The van der Waals surface area contributed by atoms with Crippen LogP contribution in [0.3, 0.4) is 0 Å².